The van der Waals surface area contributed by atoms with Gasteiger partial charge in [-0.05, 0) is 70.3 Å². The first-order valence-corrected chi connectivity index (χ1v) is 12.4. The molecule has 7 nitrogen and oxygen atoms in total. The van der Waals surface area contributed by atoms with Crippen molar-refractivity contribution in [2.75, 3.05) is 58.3 Å². The molecule has 1 aliphatic carbocycles. The zero-order valence-corrected chi connectivity index (χ0v) is 20.4. The fourth-order valence-corrected chi connectivity index (χ4v) is 5.24. The van der Waals surface area contributed by atoms with E-state index in [0.717, 1.165) is 69.5 Å². The lowest BCUT2D eigenvalue weighted by Gasteiger charge is -2.38. The van der Waals surface area contributed by atoms with Crippen molar-refractivity contribution >= 4 is 11.6 Å². The van der Waals surface area contributed by atoms with Crippen LogP contribution in [0.4, 0.5) is 5.69 Å². The van der Waals surface area contributed by atoms with E-state index >= 15 is 0 Å². The summed E-state index contributed by atoms with van der Waals surface area (Å²) in [6.07, 6.45) is 8.51. The Kier molecular flexibility index (Phi) is 7.91. The molecule has 7 heteroatoms. The Morgan fingerprint density at radius 1 is 1.12 bits per heavy atom. The van der Waals surface area contributed by atoms with Crippen LogP contribution in [0.5, 0.6) is 5.75 Å². The number of anilines is 1. The van der Waals surface area contributed by atoms with Crippen molar-refractivity contribution in [1.29, 1.82) is 0 Å². The first kappa shape index (κ1) is 23.6. The summed E-state index contributed by atoms with van der Waals surface area (Å²) in [6, 6.07) is 8.18. The van der Waals surface area contributed by atoms with Crippen molar-refractivity contribution in [1.82, 2.24) is 19.6 Å². The number of amides is 1. The summed E-state index contributed by atoms with van der Waals surface area (Å²) in [7, 11) is 4.28. The molecule has 2 fully saturated rings. The van der Waals surface area contributed by atoms with Gasteiger partial charge in [0.25, 0.3) is 0 Å². The first-order chi connectivity index (χ1) is 16.0. The molecule has 180 valence electrons. The molecular weight excluding hydrogens is 414 g/mol. The van der Waals surface area contributed by atoms with E-state index in [1.54, 1.807) is 0 Å². The molecular formula is C26H39N5O2. The molecule has 0 radical (unpaired) electrons. The topological polar surface area (TPSA) is 53.8 Å². The summed E-state index contributed by atoms with van der Waals surface area (Å²) in [5, 5.41) is 4.57. The second-order valence-corrected chi connectivity index (χ2v) is 9.77. The maximum absolute atomic E-state index is 13.1. The minimum Gasteiger partial charge on any atom is -0.494 e. The molecule has 1 saturated carbocycles. The van der Waals surface area contributed by atoms with Gasteiger partial charge in [0.05, 0.1) is 25.0 Å². The number of ether oxygens (including phenoxy) is 1. The molecule has 2 heterocycles. The van der Waals surface area contributed by atoms with Crippen molar-refractivity contribution in [3.63, 3.8) is 0 Å². The Morgan fingerprint density at radius 2 is 1.88 bits per heavy atom. The van der Waals surface area contributed by atoms with Crippen molar-refractivity contribution in [2.45, 2.75) is 39.2 Å². The molecule has 0 spiro atoms. The standard InChI is InChI=1S/C26H39N5O2/c1-4-33-25-7-5-6-22(16-25)19-31-20-24(17-27-31)29-12-14-30(15-13-29)26(32)23-10-8-21(9-11-23)18-28(2)3/h5-7,16-17,20-21,23H,4,8-15,18-19H2,1-3H3/t21-,23-. The van der Waals surface area contributed by atoms with Gasteiger partial charge in [-0.1, -0.05) is 12.1 Å². The van der Waals surface area contributed by atoms with Crippen LogP contribution in [0.15, 0.2) is 36.7 Å². The Morgan fingerprint density at radius 3 is 2.58 bits per heavy atom. The summed E-state index contributed by atoms with van der Waals surface area (Å²) in [6.45, 7) is 7.87. The number of nitrogens with zero attached hydrogens (tertiary/aromatic N) is 5. The summed E-state index contributed by atoms with van der Waals surface area (Å²) in [4.78, 5) is 19.8. The number of carbonyl (C=O) groups excluding carboxylic acids is 1. The molecule has 4 rings (SSSR count). The summed E-state index contributed by atoms with van der Waals surface area (Å²) >= 11 is 0. The van der Waals surface area contributed by atoms with Gasteiger partial charge < -0.3 is 19.4 Å². The van der Waals surface area contributed by atoms with E-state index in [1.165, 1.54) is 18.4 Å². The van der Waals surface area contributed by atoms with Gasteiger partial charge in [-0.2, -0.15) is 5.10 Å². The largest absolute Gasteiger partial charge is 0.494 e. The Bertz CT molecular complexity index is 896. The third kappa shape index (κ3) is 6.28. The van der Waals surface area contributed by atoms with Crippen LogP contribution < -0.4 is 9.64 Å². The lowest BCUT2D eigenvalue weighted by molar-refractivity contribution is -0.137. The zero-order chi connectivity index (χ0) is 23.2. The molecule has 1 amide bonds. The molecule has 0 unspecified atom stereocenters. The van der Waals surface area contributed by atoms with E-state index in [9.17, 15) is 4.79 Å². The van der Waals surface area contributed by atoms with Gasteiger partial charge in [-0.3, -0.25) is 9.48 Å². The Hall–Kier alpha value is -2.54. The average molecular weight is 454 g/mol. The first-order valence-electron chi connectivity index (χ1n) is 12.4. The average Bonchev–Trinajstić information content (AvgIpc) is 3.28. The highest BCUT2D eigenvalue weighted by Crippen LogP contribution is 2.31. The van der Waals surface area contributed by atoms with Gasteiger partial charge in [0.2, 0.25) is 5.91 Å². The number of benzene rings is 1. The van der Waals surface area contributed by atoms with Crippen LogP contribution in [0.25, 0.3) is 0 Å². The quantitative estimate of drug-likeness (QED) is 0.614. The van der Waals surface area contributed by atoms with Gasteiger partial charge in [-0.15, -0.1) is 0 Å². The van der Waals surface area contributed by atoms with Crippen LogP contribution in [0.1, 0.15) is 38.2 Å². The van der Waals surface area contributed by atoms with Crippen LogP contribution >= 0.6 is 0 Å². The fraction of sp³-hybridized carbons (Fsp3) is 0.615. The maximum atomic E-state index is 13.1. The van der Waals surface area contributed by atoms with Crippen molar-refractivity contribution in [2.24, 2.45) is 11.8 Å². The number of rotatable bonds is 8. The van der Waals surface area contributed by atoms with Gasteiger partial charge in [0, 0.05) is 44.8 Å². The van der Waals surface area contributed by atoms with E-state index in [4.69, 9.17) is 4.74 Å². The monoisotopic (exact) mass is 453 g/mol. The fourth-order valence-electron chi connectivity index (χ4n) is 5.24. The van der Waals surface area contributed by atoms with Crippen LogP contribution in [0, 0.1) is 11.8 Å². The Balaban J connectivity index is 1.25. The smallest absolute Gasteiger partial charge is 0.225 e. The van der Waals surface area contributed by atoms with E-state index in [1.807, 2.05) is 29.9 Å². The molecule has 1 aliphatic heterocycles. The van der Waals surface area contributed by atoms with Gasteiger partial charge >= 0.3 is 0 Å². The van der Waals surface area contributed by atoms with Crippen molar-refractivity contribution < 1.29 is 9.53 Å². The second-order valence-electron chi connectivity index (χ2n) is 9.77. The van der Waals surface area contributed by atoms with E-state index in [-0.39, 0.29) is 5.92 Å². The highest BCUT2D eigenvalue weighted by Gasteiger charge is 2.31. The molecule has 0 atom stereocenters. The summed E-state index contributed by atoms with van der Waals surface area (Å²) in [5.41, 5.74) is 2.30. The molecule has 2 aliphatic rings. The van der Waals surface area contributed by atoms with Gasteiger partial charge in [0.15, 0.2) is 0 Å². The number of piperazine rings is 1. The summed E-state index contributed by atoms with van der Waals surface area (Å²) in [5.74, 6) is 2.25. The molecule has 2 aromatic rings. The second kappa shape index (κ2) is 11.1. The highest BCUT2D eigenvalue weighted by atomic mass is 16.5. The van der Waals surface area contributed by atoms with Crippen LogP contribution in [0.2, 0.25) is 0 Å². The van der Waals surface area contributed by atoms with Gasteiger partial charge in [0.1, 0.15) is 5.75 Å². The lowest BCUT2D eigenvalue weighted by Crippen LogP contribution is -2.50. The minimum absolute atomic E-state index is 0.227. The van der Waals surface area contributed by atoms with Gasteiger partial charge in [-0.25, -0.2) is 0 Å². The molecule has 33 heavy (non-hydrogen) atoms. The number of hydrogen-bond donors (Lipinski definition) is 0. The predicted molar refractivity (Wildman–Crippen MR) is 132 cm³/mol. The van der Waals surface area contributed by atoms with Crippen LogP contribution in [-0.2, 0) is 11.3 Å². The molecule has 1 aromatic carbocycles. The predicted octanol–water partition coefficient (Wildman–Crippen LogP) is 3.35. The number of hydrogen-bond acceptors (Lipinski definition) is 5. The number of aromatic nitrogens is 2. The highest BCUT2D eigenvalue weighted by molar-refractivity contribution is 5.79. The summed E-state index contributed by atoms with van der Waals surface area (Å²) < 4.78 is 7.58. The van der Waals surface area contributed by atoms with E-state index in [0.29, 0.717) is 12.5 Å². The van der Waals surface area contributed by atoms with Crippen LogP contribution in [-0.4, -0.2) is 78.9 Å². The maximum Gasteiger partial charge on any atom is 0.225 e. The molecule has 0 N–H and O–H groups in total. The lowest BCUT2D eigenvalue weighted by atomic mass is 9.81. The molecule has 0 bridgehead atoms. The SMILES string of the molecule is CCOc1cccc(Cn2cc(N3CCN(C(=O)[C@H]4CC[C@H](CN(C)C)CC4)CC3)cn2)c1. The molecule has 1 saturated heterocycles. The molecule has 1 aromatic heterocycles. The van der Waals surface area contributed by atoms with E-state index in [2.05, 4.69) is 52.2 Å². The van der Waals surface area contributed by atoms with Crippen molar-refractivity contribution in [3.8, 4) is 5.75 Å². The normalized spacial score (nSPS) is 21.5. The third-order valence-corrected chi connectivity index (χ3v) is 6.95. The zero-order valence-electron chi connectivity index (χ0n) is 20.4. The Labute approximate surface area is 198 Å². The van der Waals surface area contributed by atoms with Crippen LogP contribution in [0.3, 0.4) is 0 Å². The minimum atomic E-state index is 0.227. The third-order valence-electron chi connectivity index (χ3n) is 6.95. The van der Waals surface area contributed by atoms with E-state index < -0.39 is 0 Å². The number of carbonyl (C=O) groups is 1. The van der Waals surface area contributed by atoms with Crippen molar-refractivity contribution in [3.05, 3.63) is 42.2 Å².